The van der Waals surface area contributed by atoms with Crippen LogP contribution in [0.2, 0.25) is 0 Å². The van der Waals surface area contributed by atoms with Gasteiger partial charge in [-0.15, -0.1) is 0 Å². The molecule has 3 aromatic carbocycles. The molecule has 0 unspecified atom stereocenters. The maximum Gasteiger partial charge on any atom is 0.336 e. The van der Waals surface area contributed by atoms with E-state index in [0.717, 1.165) is 11.1 Å². The summed E-state index contributed by atoms with van der Waals surface area (Å²) in [7, 11) is 0. The molecule has 4 aromatic rings. The molecule has 1 N–H and O–H groups in total. The lowest BCUT2D eigenvalue weighted by atomic mass is 10.1. The fraction of sp³-hybridized carbons (Fsp3) is 0.0667. The number of para-hydroxylation sites is 1. The molecule has 2 amide bonds. The van der Waals surface area contributed by atoms with Crippen LogP contribution in [-0.4, -0.2) is 28.0 Å². The molecule has 0 spiro atoms. The van der Waals surface area contributed by atoms with Crippen LogP contribution in [0.4, 0.5) is 11.4 Å². The van der Waals surface area contributed by atoms with Crippen LogP contribution in [0.5, 0.6) is 0 Å². The Kier molecular flexibility index (Phi) is 6.48. The lowest BCUT2D eigenvalue weighted by molar-refractivity contribution is -0.120. The average molecular weight is 523 g/mol. The molecule has 0 radical (unpaired) electrons. The van der Waals surface area contributed by atoms with E-state index in [4.69, 9.17) is 16.6 Å². The van der Waals surface area contributed by atoms with Crippen molar-refractivity contribution in [3.05, 3.63) is 113 Å². The summed E-state index contributed by atoms with van der Waals surface area (Å²) in [5, 5.41) is 9.58. The van der Waals surface area contributed by atoms with Crippen LogP contribution in [0.3, 0.4) is 0 Å². The minimum absolute atomic E-state index is 0.0436. The first-order valence-corrected chi connectivity index (χ1v) is 12.2. The second-order valence-electron chi connectivity index (χ2n) is 8.78. The van der Waals surface area contributed by atoms with Gasteiger partial charge in [0.1, 0.15) is 17.1 Å². The molecule has 1 aliphatic rings. The van der Waals surface area contributed by atoms with Crippen LogP contribution in [0.1, 0.15) is 27.2 Å². The fourth-order valence-corrected chi connectivity index (χ4v) is 4.61. The summed E-state index contributed by atoms with van der Waals surface area (Å²) >= 11 is 5.67. The molecule has 0 atom stereocenters. The van der Waals surface area contributed by atoms with Crippen LogP contribution in [0.15, 0.2) is 94.9 Å². The van der Waals surface area contributed by atoms with E-state index >= 15 is 0 Å². The SMILES string of the molecule is Cc1ccc(N2C(=O)/C(=C\c3ccc(-c4ccccc4C(=O)O)o3)C(=O)N(c3ccccc3)C2=S)cc1C. The van der Waals surface area contributed by atoms with Gasteiger partial charge in [0.25, 0.3) is 11.8 Å². The Morgan fingerprint density at radius 1 is 0.816 bits per heavy atom. The van der Waals surface area contributed by atoms with Gasteiger partial charge in [-0.1, -0.05) is 42.5 Å². The van der Waals surface area contributed by atoms with Crippen molar-refractivity contribution in [3.63, 3.8) is 0 Å². The maximum absolute atomic E-state index is 13.7. The monoisotopic (exact) mass is 522 g/mol. The summed E-state index contributed by atoms with van der Waals surface area (Å²) in [6, 6.07) is 24.0. The summed E-state index contributed by atoms with van der Waals surface area (Å²) < 4.78 is 5.89. The Morgan fingerprint density at radius 3 is 2.16 bits per heavy atom. The molecule has 1 fully saturated rings. The molecule has 0 bridgehead atoms. The Hall–Kier alpha value is -4.82. The summed E-state index contributed by atoms with van der Waals surface area (Å²) in [4.78, 5) is 41.7. The van der Waals surface area contributed by atoms with Gasteiger partial charge in [0.05, 0.1) is 16.9 Å². The van der Waals surface area contributed by atoms with Gasteiger partial charge in [-0.2, -0.15) is 0 Å². The van der Waals surface area contributed by atoms with E-state index in [1.807, 2.05) is 32.0 Å². The largest absolute Gasteiger partial charge is 0.478 e. The van der Waals surface area contributed by atoms with E-state index < -0.39 is 17.8 Å². The number of nitrogens with zero attached hydrogens (tertiary/aromatic N) is 2. The molecule has 2 heterocycles. The van der Waals surface area contributed by atoms with Crippen LogP contribution in [0.25, 0.3) is 17.4 Å². The first-order valence-electron chi connectivity index (χ1n) is 11.8. The quantitative estimate of drug-likeness (QED) is 0.196. The third-order valence-corrected chi connectivity index (χ3v) is 6.71. The average Bonchev–Trinajstić information content (AvgIpc) is 3.38. The number of thiocarbonyl (C=S) groups is 1. The zero-order chi connectivity index (χ0) is 27.0. The molecule has 8 heteroatoms. The number of hydrogen-bond donors (Lipinski definition) is 1. The van der Waals surface area contributed by atoms with E-state index in [0.29, 0.717) is 22.7 Å². The second kappa shape index (κ2) is 9.91. The number of anilines is 2. The van der Waals surface area contributed by atoms with E-state index in [1.54, 1.807) is 60.7 Å². The van der Waals surface area contributed by atoms with Crippen molar-refractivity contribution < 1.29 is 23.9 Å². The van der Waals surface area contributed by atoms with Gasteiger partial charge in [0.2, 0.25) is 0 Å². The third-order valence-electron chi connectivity index (χ3n) is 6.35. The predicted octanol–water partition coefficient (Wildman–Crippen LogP) is 6.01. The van der Waals surface area contributed by atoms with Crippen molar-refractivity contribution in [1.29, 1.82) is 0 Å². The number of carboxylic acid groups (broad SMARTS) is 1. The maximum atomic E-state index is 13.7. The highest BCUT2D eigenvalue weighted by molar-refractivity contribution is 7.81. The molecular formula is C30H22N2O5S. The number of carbonyl (C=O) groups excluding carboxylic acids is 2. The number of aromatic carboxylic acids is 1. The van der Waals surface area contributed by atoms with Crippen molar-refractivity contribution in [3.8, 4) is 11.3 Å². The number of carboxylic acids is 1. The van der Waals surface area contributed by atoms with Gasteiger partial charge in [-0.3, -0.25) is 19.4 Å². The van der Waals surface area contributed by atoms with Crippen LogP contribution < -0.4 is 9.80 Å². The van der Waals surface area contributed by atoms with E-state index in [1.165, 1.54) is 21.9 Å². The number of hydrogen-bond acceptors (Lipinski definition) is 5. The summed E-state index contributed by atoms with van der Waals surface area (Å²) in [5.74, 6) is -1.75. The third kappa shape index (κ3) is 4.42. The van der Waals surface area contributed by atoms with Gasteiger partial charge in [-0.25, -0.2) is 4.79 Å². The lowest BCUT2D eigenvalue weighted by Crippen LogP contribution is -2.57. The van der Waals surface area contributed by atoms with E-state index in [-0.39, 0.29) is 22.0 Å². The standard InChI is InChI=1S/C30H22N2O5S/c1-18-12-13-21(16-19(18)2)32-28(34)25(27(33)31(30(32)38)20-8-4-3-5-9-20)17-22-14-15-26(37-22)23-10-6-7-11-24(23)29(35)36/h3-17H,1-2H3,(H,35,36)/b25-17-. The van der Waals surface area contributed by atoms with Crippen molar-refractivity contribution in [2.75, 3.05) is 9.80 Å². The number of aryl methyl sites for hydroxylation is 2. The van der Waals surface area contributed by atoms with Crippen LogP contribution in [-0.2, 0) is 9.59 Å². The highest BCUT2D eigenvalue weighted by Gasteiger charge is 2.41. The number of furan rings is 1. The van der Waals surface area contributed by atoms with Crippen LogP contribution in [0, 0.1) is 13.8 Å². The minimum Gasteiger partial charge on any atom is -0.478 e. The van der Waals surface area contributed by atoms with E-state index in [2.05, 4.69) is 0 Å². The molecular weight excluding hydrogens is 500 g/mol. The molecule has 5 rings (SSSR count). The fourth-order valence-electron chi connectivity index (χ4n) is 4.23. The number of carbonyl (C=O) groups is 3. The normalized spacial score (nSPS) is 14.9. The highest BCUT2D eigenvalue weighted by Crippen LogP contribution is 2.32. The molecule has 1 aliphatic heterocycles. The van der Waals surface area contributed by atoms with Gasteiger partial charge < -0.3 is 9.52 Å². The second-order valence-corrected chi connectivity index (χ2v) is 9.14. The van der Waals surface area contributed by atoms with Crippen molar-refractivity contribution in [2.24, 2.45) is 0 Å². The summed E-state index contributed by atoms with van der Waals surface area (Å²) in [6.07, 6.45) is 1.36. The Bertz CT molecular complexity index is 1640. The van der Waals surface area contributed by atoms with Crippen molar-refractivity contribution >= 4 is 52.6 Å². The van der Waals surface area contributed by atoms with Gasteiger partial charge >= 0.3 is 5.97 Å². The molecule has 0 saturated carbocycles. The van der Waals surface area contributed by atoms with Crippen molar-refractivity contribution in [2.45, 2.75) is 13.8 Å². The predicted molar refractivity (Wildman–Crippen MR) is 149 cm³/mol. The molecule has 1 aromatic heterocycles. The number of amides is 2. The van der Waals surface area contributed by atoms with Gasteiger partial charge in [0.15, 0.2) is 5.11 Å². The van der Waals surface area contributed by atoms with Crippen molar-refractivity contribution in [1.82, 2.24) is 0 Å². The topological polar surface area (TPSA) is 91.1 Å². The lowest BCUT2D eigenvalue weighted by Gasteiger charge is -2.36. The number of benzene rings is 3. The first-order chi connectivity index (χ1) is 18.3. The first kappa shape index (κ1) is 24.9. The molecule has 1 saturated heterocycles. The minimum atomic E-state index is -1.09. The van der Waals surface area contributed by atoms with Gasteiger partial charge in [-0.05, 0) is 85.7 Å². The molecule has 0 aliphatic carbocycles. The highest BCUT2D eigenvalue weighted by atomic mass is 32.1. The molecule has 38 heavy (non-hydrogen) atoms. The smallest absolute Gasteiger partial charge is 0.336 e. The summed E-state index contributed by atoms with van der Waals surface area (Å²) in [5.41, 5.74) is 3.40. The van der Waals surface area contributed by atoms with E-state index in [9.17, 15) is 19.5 Å². The van der Waals surface area contributed by atoms with Gasteiger partial charge in [0, 0.05) is 5.56 Å². The Labute approximate surface area is 224 Å². The zero-order valence-corrected chi connectivity index (χ0v) is 21.4. The number of rotatable bonds is 5. The Morgan fingerprint density at radius 2 is 1.47 bits per heavy atom. The zero-order valence-electron chi connectivity index (χ0n) is 20.5. The molecule has 188 valence electrons. The van der Waals surface area contributed by atoms with Crippen LogP contribution >= 0.6 is 12.2 Å². The Balaban J connectivity index is 1.61. The molecule has 7 nitrogen and oxygen atoms in total. The summed E-state index contributed by atoms with van der Waals surface area (Å²) in [6.45, 7) is 3.91.